The van der Waals surface area contributed by atoms with Gasteiger partial charge < -0.3 is 74.4 Å². The summed E-state index contributed by atoms with van der Waals surface area (Å²) >= 11 is 60.4. The lowest BCUT2D eigenvalue weighted by Gasteiger charge is -2.08. The van der Waals surface area contributed by atoms with E-state index in [1.54, 1.807) is 0 Å². The van der Waals surface area contributed by atoms with Crippen molar-refractivity contribution in [2.24, 2.45) is 0 Å². The maximum Gasteiger partial charge on any atom is 0.258 e. The highest BCUT2D eigenvalue weighted by molar-refractivity contribution is 9.38. The normalized spacial score (nSPS) is 10.5. The summed E-state index contributed by atoms with van der Waals surface area (Å²) in [6.45, 7) is 0. The Morgan fingerprint density at radius 2 is 0.227 bits per heavy atom. The van der Waals surface area contributed by atoms with Gasteiger partial charge in [0.2, 0.25) is 0 Å². The summed E-state index contributed by atoms with van der Waals surface area (Å²) in [5, 5.41) is 0. The molecule has 6 aromatic carbocycles. The molecule has 0 aliphatic carbocycles. The number of halogens is 24. The molecule has 0 N–H and O–H groups in total. The largest absolute Gasteiger partial charge is 1.00 e. The Morgan fingerprint density at radius 1 is 0.152 bits per heavy atom. The van der Waals surface area contributed by atoms with Crippen LogP contribution < -0.4 is 83.8 Å². The van der Waals surface area contributed by atoms with Gasteiger partial charge in [-0.2, -0.15) is 0 Å². The lowest BCUT2D eigenvalue weighted by molar-refractivity contribution is -0.00100. The SMILES string of the molecule is Br[N+](Br)(Br)c1ccccc1.Br[N+](Br)(Br)c1ccccc1.Br[N+](Br)(Br)c1ccccc1.Br[N+](Br)(Br)c1ccccc1.Br[N+](Br)(Br)c1ccccc1.Br[N+](Br)(Br)c1ccccc1.[Cl-].[Cl-].[Cl-].[Cl-].[Cl-].[Cl-]. The van der Waals surface area contributed by atoms with Gasteiger partial charge in [-0.1, -0.05) is 119 Å². The Balaban J connectivity index is -0.000000161. The number of hydrogen-bond donors (Lipinski definition) is 0. The molecule has 0 aromatic heterocycles. The molecule has 0 aliphatic rings. The third-order valence-electron chi connectivity index (χ3n) is 6.29. The Kier molecular flexibility index (Phi) is 53.3. The monoisotopic (exact) mass is 2180 g/mol. The first-order chi connectivity index (χ1) is 27.6. The van der Waals surface area contributed by atoms with E-state index in [9.17, 15) is 0 Å². The maximum atomic E-state index is 3.36. The molecule has 0 aliphatic heterocycles. The van der Waals surface area contributed by atoms with E-state index in [2.05, 4.69) is 291 Å². The first-order valence-electron chi connectivity index (χ1n) is 15.8. The minimum atomic E-state index is 0. The van der Waals surface area contributed by atoms with Crippen LogP contribution in [-0.2, 0) is 0 Å². The molecule has 0 spiro atoms. The molecule has 0 saturated heterocycles. The first-order valence-corrected chi connectivity index (χ1v) is 28.6. The second kappa shape index (κ2) is 42.5. The van der Waals surface area contributed by atoms with Crippen molar-refractivity contribution in [1.29, 1.82) is 0 Å². The van der Waals surface area contributed by atoms with Crippen molar-refractivity contribution in [1.82, 2.24) is 9.37 Å². The standard InChI is InChI=1S/6C6H5Br3N.6ClH/c6*7-10(8,9)6-4-2-1-3-5-6;;;;;;/h6*1-5H;6*1H/q6*+1;;;;;;/p-6. The number of nitrogens with zero attached hydrogens (tertiary/aromatic N) is 6. The Labute approximate surface area is 580 Å². The third-order valence-corrected chi connectivity index (χ3v) is 13.7. The van der Waals surface area contributed by atoms with Gasteiger partial charge in [-0.15, -0.1) is 0 Å². The molecular formula is C36H30Br18Cl6N6. The molecule has 0 saturated carbocycles. The van der Waals surface area contributed by atoms with Crippen molar-refractivity contribution in [3.63, 3.8) is 0 Å². The highest BCUT2D eigenvalue weighted by Crippen LogP contribution is 2.41. The quantitative estimate of drug-likeness (QED) is 0.192. The van der Waals surface area contributed by atoms with E-state index in [1.165, 1.54) is 0 Å². The van der Waals surface area contributed by atoms with Crippen molar-refractivity contribution in [2.75, 3.05) is 0 Å². The smallest absolute Gasteiger partial charge is 0.258 e. The number of hydrogen-bond acceptors (Lipinski definition) is 0. The zero-order valence-electron chi connectivity index (χ0n) is 32.1. The average Bonchev–Trinajstić information content (AvgIpc) is 3.19. The number of quaternary nitrogens is 6. The molecule has 0 amide bonds. The van der Waals surface area contributed by atoms with Crippen LogP contribution >= 0.6 is 291 Å². The van der Waals surface area contributed by atoms with Gasteiger partial charge in [0.15, 0.2) is 34.1 Å². The molecular weight excluding hydrogens is 2170 g/mol. The Morgan fingerprint density at radius 3 is 0.273 bits per heavy atom. The molecule has 0 radical (unpaired) electrons. The van der Waals surface area contributed by atoms with Crippen LogP contribution in [0.5, 0.6) is 0 Å². The van der Waals surface area contributed by atoms with Crippen LogP contribution in [-0.4, -0.2) is 0 Å². The summed E-state index contributed by atoms with van der Waals surface area (Å²) in [6.07, 6.45) is 0. The van der Waals surface area contributed by atoms with E-state index in [-0.39, 0.29) is 74.4 Å². The summed E-state index contributed by atoms with van der Waals surface area (Å²) in [5.74, 6) is 0. The van der Waals surface area contributed by atoms with Gasteiger partial charge in [0.25, 0.3) is 291 Å². The van der Waals surface area contributed by atoms with Crippen molar-refractivity contribution in [3.8, 4) is 0 Å². The van der Waals surface area contributed by atoms with E-state index in [1.807, 2.05) is 182 Å². The summed E-state index contributed by atoms with van der Waals surface area (Å²) in [6, 6.07) is 59.6. The zero-order valence-corrected chi connectivity index (χ0v) is 65.2. The lowest BCUT2D eigenvalue weighted by atomic mass is 10.3. The van der Waals surface area contributed by atoms with Crippen LogP contribution in [0, 0.1) is 0 Å². The second-order valence-electron chi connectivity index (χ2n) is 10.7. The summed E-state index contributed by atoms with van der Waals surface area (Å²) in [4.78, 5) is 0. The van der Waals surface area contributed by atoms with E-state index < -0.39 is 0 Å². The van der Waals surface area contributed by atoms with Crippen LogP contribution in [0.2, 0.25) is 0 Å². The molecule has 0 unspecified atom stereocenters. The predicted molar refractivity (Wildman–Crippen MR) is 330 cm³/mol. The van der Waals surface area contributed by atoms with Gasteiger partial charge in [0.1, 0.15) is 0 Å². The van der Waals surface area contributed by atoms with Crippen molar-refractivity contribution < 1.29 is 74.4 Å². The molecule has 0 bridgehead atoms. The van der Waals surface area contributed by atoms with Gasteiger partial charge in [0, 0.05) is 72.8 Å². The zero-order chi connectivity index (χ0) is 45.7. The van der Waals surface area contributed by atoms with Crippen LogP contribution in [0.3, 0.4) is 0 Å². The minimum absolute atomic E-state index is 0. The van der Waals surface area contributed by atoms with Crippen LogP contribution in [0.4, 0.5) is 34.1 Å². The minimum Gasteiger partial charge on any atom is -1.00 e. The fraction of sp³-hybridized carbons (Fsp3) is 0. The van der Waals surface area contributed by atoms with Gasteiger partial charge in [-0.05, 0) is 0 Å². The summed E-state index contributed by atoms with van der Waals surface area (Å²) in [7, 11) is 0. The van der Waals surface area contributed by atoms with Crippen molar-refractivity contribution in [2.45, 2.75) is 0 Å². The van der Waals surface area contributed by atoms with Crippen LogP contribution in [0.25, 0.3) is 0 Å². The maximum absolute atomic E-state index is 3.36. The van der Waals surface area contributed by atoms with Gasteiger partial charge in [-0.3, -0.25) is 0 Å². The molecule has 6 nitrogen and oxygen atoms in total. The Hall–Kier alpha value is 5.46. The fourth-order valence-corrected chi connectivity index (χ4v) is 7.84. The second-order valence-corrected chi connectivity index (χ2v) is 47.0. The Bertz CT molecular complexity index is 1640. The van der Waals surface area contributed by atoms with Crippen molar-refractivity contribution >= 4 is 325 Å². The summed E-state index contributed by atoms with van der Waals surface area (Å²) < 4.78 is 1.96. The first kappa shape index (κ1) is 82.8. The molecule has 66 heavy (non-hydrogen) atoms. The van der Waals surface area contributed by atoms with E-state index >= 15 is 0 Å². The van der Waals surface area contributed by atoms with Crippen LogP contribution in [0.15, 0.2) is 182 Å². The number of benzene rings is 6. The molecule has 6 rings (SSSR count). The van der Waals surface area contributed by atoms with Crippen LogP contribution in [0.1, 0.15) is 0 Å². The van der Waals surface area contributed by atoms with Crippen molar-refractivity contribution in [3.05, 3.63) is 182 Å². The fourth-order valence-electron chi connectivity index (χ4n) is 3.58. The molecule has 6 aromatic rings. The lowest BCUT2D eigenvalue weighted by Crippen LogP contribution is -3.00. The van der Waals surface area contributed by atoms with Gasteiger partial charge in [-0.25, -0.2) is 0 Å². The highest BCUT2D eigenvalue weighted by atomic mass is 80.0. The molecule has 0 atom stereocenters. The summed E-state index contributed by atoms with van der Waals surface area (Å²) in [5.41, 5.74) is 6.51. The van der Waals surface area contributed by atoms with Gasteiger partial charge in [0.05, 0.1) is 0 Å². The van der Waals surface area contributed by atoms with Gasteiger partial charge >= 0.3 is 0 Å². The highest BCUT2D eigenvalue weighted by Gasteiger charge is 2.25. The van der Waals surface area contributed by atoms with E-state index in [4.69, 9.17) is 0 Å². The number of rotatable bonds is 6. The predicted octanol–water partition coefficient (Wildman–Crippen LogP) is 5.57. The van der Waals surface area contributed by atoms with E-state index in [0.29, 0.717) is 9.37 Å². The molecule has 0 fully saturated rings. The topological polar surface area (TPSA) is 0 Å². The molecule has 372 valence electrons. The molecule has 0 heterocycles. The van der Waals surface area contributed by atoms with E-state index in [0.717, 1.165) is 34.1 Å². The third kappa shape index (κ3) is 40.7. The molecule has 30 heteroatoms. The average molecular weight is 2200 g/mol.